The van der Waals surface area contributed by atoms with Gasteiger partial charge in [-0.15, -0.1) is 0 Å². The molecule has 2 nitrogen and oxygen atoms in total. The maximum atomic E-state index is 13.5. The Morgan fingerprint density at radius 3 is 2.58 bits per heavy atom. The molecule has 0 spiro atoms. The lowest BCUT2D eigenvalue weighted by molar-refractivity contribution is 0.220. The van der Waals surface area contributed by atoms with Crippen LogP contribution in [-0.2, 0) is 0 Å². The van der Waals surface area contributed by atoms with E-state index in [0.717, 1.165) is 16.5 Å². The summed E-state index contributed by atoms with van der Waals surface area (Å²) in [5.74, 6) is -0.376. The summed E-state index contributed by atoms with van der Waals surface area (Å²) in [6.45, 7) is 0. The summed E-state index contributed by atoms with van der Waals surface area (Å²) < 4.78 is 13.9. The standard InChI is InChI=1S/C15H11BrFNO/c16-12-3-1-11(8-13(12)17)15(19)10-2-4-14-9(7-10)5-6-18-14/h1-8,15,18-19H. The zero-order chi connectivity index (χ0) is 13.4. The number of H-pyrrole nitrogens is 1. The topological polar surface area (TPSA) is 36.0 Å². The maximum absolute atomic E-state index is 13.5. The van der Waals surface area contributed by atoms with Crippen molar-refractivity contribution in [2.45, 2.75) is 6.10 Å². The molecule has 0 amide bonds. The number of nitrogens with one attached hydrogen (secondary N) is 1. The van der Waals surface area contributed by atoms with Gasteiger partial charge in [0.1, 0.15) is 11.9 Å². The molecular weight excluding hydrogens is 309 g/mol. The first-order valence-electron chi connectivity index (χ1n) is 5.85. The summed E-state index contributed by atoms with van der Waals surface area (Å²) in [5, 5.41) is 11.3. The van der Waals surface area contributed by atoms with Gasteiger partial charge in [0.05, 0.1) is 4.47 Å². The molecule has 0 bridgehead atoms. The van der Waals surface area contributed by atoms with Gasteiger partial charge < -0.3 is 10.1 Å². The van der Waals surface area contributed by atoms with Crippen molar-refractivity contribution in [3.05, 3.63) is 70.1 Å². The number of aromatic nitrogens is 1. The fourth-order valence-corrected chi connectivity index (χ4v) is 2.36. The molecule has 1 aromatic heterocycles. The van der Waals surface area contributed by atoms with Crippen LogP contribution in [-0.4, -0.2) is 10.1 Å². The highest BCUT2D eigenvalue weighted by Crippen LogP contribution is 2.27. The summed E-state index contributed by atoms with van der Waals surface area (Å²) in [7, 11) is 0. The molecule has 1 heterocycles. The first-order valence-corrected chi connectivity index (χ1v) is 6.64. The Morgan fingerprint density at radius 1 is 1.05 bits per heavy atom. The van der Waals surface area contributed by atoms with Crippen LogP contribution in [0.5, 0.6) is 0 Å². The Kier molecular flexibility index (Phi) is 3.12. The van der Waals surface area contributed by atoms with Crippen LogP contribution in [0, 0.1) is 5.82 Å². The number of aliphatic hydroxyl groups is 1. The van der Waals surface area contributed by atoms with Crippen LogP contribution in [0.2, 0.25) is 0 Å². The van der Waals surface area contributed by atoms with E-state index in [2.05, 4.69) is 20.9 Å². The van der Waals surface area contributed by atoms with Gasteiger partial charge in [0.2, 0.25) is 0 Å². The van der Waals surface area contributed by atoms with Gasteiger partial charge in [-0.05, 0) is 62.8 Å². The third kappa shape index (κ3) is 2.29. The molecule has 0 aliphatic rings. The van der Waals surface area contributed by atoms with E-state index in [0.29, 0.717) is 10.0 Å². The molecule has 3 rings (SSSR count). The number of hydrogen-bond acceptors (Lipinski definition) is 1. The third-order valence-corrected chi connectivity index (χ3v) is 3.80. The zero-order valence-corrected chi connectivity index (χ0v) is 11.5. The minimum absolute atomic E-state index is 0.376. The number of benzene rings is 2. The quantitative estimate of drug-likeness (QED) is 0.731. The van der Waals surface area contributed by atoms with Crippen molar-refractivity contribution in [3.8, 4) is 0 Å². The van der Waals surface area contributed by atoms with Crippen LogP contribution < -0.4 is 0 Å². The van der Waals surface area contributed by atoms with Crippen LogP contribution in [0.1, 0.15) is 17.2 Å². The van der Waals surface area contributed by atoms with Gasteiger partial charge in [-0.1, -0.05) is 12.1 Å². The van der Waals surface area contributed by atoms with Crippen molar-refractivity contribution >= 4 is 26.8 Å². The molecular formula is C15H11BrFNO. The van der Waals surface area contributed by atoms with E-state index in [-0.39, 0.29) is 5.82 Å². The van der Waals surface area contributed by atoms with Crippen LogP contribution in [0.25, 0.3) is 10.9 Å². The van der Waals surface area contributed by atoms with Gasteiger partial charge in [-0.2, -0.15) is 0 Å². The molecule has 4 heteroatoms. The Morgan fingerprint density at radius 2 is 1.79 bits per heavy atom. The second-order valence-corrected chi connectivity index (χ2v) is 5.25. The van der Waals surface area contributed by atoms with Crippen LogP contribution in [0.4, 0.5) is 4.39 Å². The van der Waals surface area contributed by atoms with Gasteiger partial charge in [-0.25, -0.2) is 4.39 Å². The maximum Gasteiger partial charge on any atom is 0.137 e. The van der Waals surface area contributed by atoms with E-state index in [1.54, 1.807) is 12.1 Å². The van der Waals surface area contributed by atoms with Crippen molar-refractivity contribution in [3.63, 3.8) is 0 Å². The lowest BCUT2D eigenvalue weighted by Gasteiger charge is -2.12. The molecule has 0 radical (unpaired) electrons. The number of halogens is 2. The number of fused-ring (bicyclic) bond motifs is 1. The van der Waals surface area contributed by atoms with Crippen molar-refractivity contribution in [1.82, 2.24) is 4.98 Å². The Bertz CT molecular complexity index is 738. The van der Waals surface area contributed by atoms with Crippen molar-refractivity contribution in [2.24, 2.45) is 0 Å². The van der Waals surface area contributed by atoms with Gasteiger partial charge >= 0.3 is 0 Å². The van der Waals surface area contributed by atoms with E-state index < -0.39 is 6.10 Å². The molecule has 0 aliphatic heterocycles. The highest BCUT2D eigenvalue weighted by atomic mass is 79.9. The van der Waals surface area contributed by atoms with Crippen LogP contribution in [0.3, 0.4) is 0 Å². The van der Waals surface area contributed by atoms with Gasteiger partial charge in [0.15, 0.2) is 0 Å². The SMILES string of the molecule is OC(c1ccc(Br)c(F)c1)c1ccc2[nH]ccc2c1. The van der Waals surface area contributed by atoms with Gasteiger partial charge in [0, 0.05) is 11.7 Å². The molecule has 1 unspecified atom stereocenters. The predicted octanol–water partition coefficient (Wildman–Crippen LogP) is 4.15. The highest BCUT2D eigenvalue weighted by Gasteiger charge is 2.13. The van der Waals surface area contributed by atoms with E-state index >= 15 is 0 Å². The monoisotopic (exact) mass is 319 g/mol. The smallest absolute Gasteiger partial charge is 0.137 e. The fourth-order valence-electron chi connectivity index (χ4n) is 2.12. The van der Waals surface area contributed by atoms with Gasteiger partial charge in [0.25, 0.3) is 0 Å². The molecule has 0 aliphatic carbocycles. The molecule has 0 fully saturated rings. The second kappa shape index (κ2) is 4.79. The largest absolute Gasteiger partial charge is 0.384 e. The number of aliphatic hydroxyl groups excluding tert-OH is 1. The van der Waals surface area contributed by atoms with E-state index in [4.69, 9.17) is 0 Å². The minimum Gasteiger partial charge on any atom is -0.384 e. The van der Waals surface area contributed by atoms with Crippen molar-refractivity contribution < 1.29 is 9.50 Å². The van der Waals surface area contributed by atoms with Crippen LogP contribution >= 0.6 is 15.9 Å². The molecule has 1 atom stereocenters. The lowest BCUT2D eigenvalue weighted by atomic mass is 10.0. The van der Waals surface area contributed by atoms with Crippen molar-refractivity contribution in [1.29, 1.82) is 0 Å². The normalized spacial score (nSPS) is 12.8. The number of hydrogen-bond donors (Lipinski definition) is 2. The van der Waals surface area contributed by atoms with E-state index in [1.807, 2.05) is 30.5 Å². The molecule has 0 saturated carbocycles. The van der Waals surface area contributed by atoms with Crippen LogP contribution in [0.15, 0.2) is 53.1 Å². The lowest BCUT2D eigenvalue weighted by Crippen LogP contribution is -2.00. The number of rotatable bonds is 2. The van der Waals surface area contributed by atoms with Gasteiger partial charge in [-0.3, -0.25) is 0 Å². The highest BCUT2D eigenvalue weighted by molar-refractivity contribution is 9.10. The summed E-state index contributed by atoms with van der Waals surface area (Å²) in [5.41, 5.74) is 2.29. The predicted molar refractivity (Wildman–Crippen MR) is 76.5 cm³/mol. The summed E-state index contributed by atoms with van der Waals surface area (Å²) in [6.07, 6.45) is 1.02. The summed E-state index contributed by atoms with van der Waals surface area (Å²) in [4.78, 5) is 3.09. The summed E-state index contributed by atoms with van der Waals surface area (Å²) >= 11 is 3.10. The average molecular weight is 320 g/mol. The second-order valence-electron chi connectivity index (χ2n) is 4.40. The Hall–Kier alpha value is -1.65. The van der Waals surface area contributed by atoms with E-state index in [9.17, 15) is 9.50 Å². The average Bonchev–Trinajstić information content (AvgIpc) is 2.88. The number of aromatic amines is 1. The first kappa shape index (κ1) is 12.4. The Balaban J connectivity index is 2.01. The Labute approximate surface area is 118 Å². The van der Waals surface area contributed by atoms with Crippen molar-refractivity contribution in [2.75, 3.05) is 0 Å². The van der Waals surface area contributed by atoms with E-state index in [1.165, 1.54) is 6.07 Å². The molecule has 3 aromatic rings. The molecule has 19 heavy (non-hydrogen) atoms. The zero-order valence-electron chi connectivity index (χ0n) is 9.90. The molecule has 2 aromatic carbocycles. The summed E-state index contributed by atoms with van der Waals surface area (Å²) in [6, 6.07) is 12.2. The third-order valence-electron chi connectivity index (χ3n) is 3.15. The minimum atomic E-state index is -0.832. The molecule has 2 N–H and O–H groups in total. The first-order chi connectivity index (χ1) is 9.15. The molecule has 96 valence electrons. The fraction of sp³-hybridized carbons (Fsp3) is 0.0667. The molecule has 0 saturated heterocycles.